The molecule has 4 rings (SSSR count). The van der Waals surface area contributed by atoms with E-state index >= 15 is 0 Å². The Balaban J connectivity index is 0.000000759. The summed E-state index contributed by atoms with van der Waals surface area (Å²) in [6, 6.07) is 14.9. The second kappa shape index (κ2) is 30.3. The van der Waals surface area contributed by atoms with E-state index in [1.165, 1.54) is 21.3 Å². The van der Waals surface area contributed by atoms with Crippen LogP contribution in [0.2, 0.25) is 0 Å². The van der Waals surface area contributed by atoms with E-state index in [1.807, 2.05) is 64.1 Å². The van der Waals surface area contributed by atoms with Crippen molar-refractivity contribution in [3.63, 3.8) is 0 Å². The standard InChI is InChI=1S/2C12H20O4.2C9H14O3Si.Ti/c2*1-2-3-8-16-12(15)10-7-5-4-6-9(10)11(13)14;1-8-4-6-9(7-5-8)13(10,11-2)12-3;1-8-3-5-9(6-4-8)13(11,7-10)12-2;/h2*9-10H,2-8H2,1H3,(H,13,14);4-7,10H,1-3H3;3-6,10-11H,7H2,1-2H3;. The molecule has 2 aromatic carbocycles. The van der Waals surface area contributed by atoms with Crippen LogP contribution in [0.5, 0.6) is 0 Å². The molecule has 14 nitrogen and oxygen atoms in total. The first-order chi connectivity index (χ1) is 27.6. The number of carboxylic acids is 2. The summed E-state index contributed by atoms with van der Waals surface area (Å²) < 4.78 is 25.1. The van der Waals surface area contributed by atoms with E-state index in [1.54, 1.807) is 12.1 Å². The second-order valence-electron chi connectivity index (χ2n) is 14.6. The summed E-state index contributed by atoms with van der Waals surface area (Å²) in [6.45, 7) is 8.83. The molecule has 17 heteroatoms. The number of carbonyl (C=O) groups is 4. The van der Waals surface area contributed by atoms with Crippen molar-refractivity contribution in [3.8, 4) is 0 Å². The number of hydrogen-bond donors (Lipinski definition) is 5. The Hall–Kier alpha value is -2.77. The molecule has 0 bridgehead atoms. The van der Waals surface area contributed by atoms with Crippen molar-refractivity contribution in [3.05, 3.63) is 59.7 Å². The molecule has 5 atom stereocenters. The third kappa shape index (κ3) is 19.7. The van der Waals surface area contributed by atoms with Crippen LogP contribution >= 0.6 is 0 Å². The molecule has 0 saturated heterocycles. The molecule has 59 heavy (non-hydrogen) atoms. The first-order valence-electron chi connectivity index (χ1n) is 20.2. The van der Waals surface area contributed by atoms with Gasteiger partial charge in [-0.05, 0) is 57.6 Å². The third-order valence-corrected chi connectivity index (χ3v) is 14.8. The van der Waals surface area contributed by atoms with E-state index in [4.69, 9.17) is 38.1 Å². The van der Waals surface area contributed by atoms with Crippen LogP contribution in [0.1, 0.15) is 102 Å². The van der Waals surface area contributed by atoms with Crippen LogP contribution in [0.25, 0.3) is 0 Å². The van der Waals surface area contributed by atoms with Gasteiger partial charge in [0, 0.05) is 48.2 Å². The monoisotopic (exact) mass is 900 g/mol. The fourth-order valence-corrected chi connectivity index (χ4v) is 8.90. The number of rotatable bonds is 16. The van der Waals surface area contributed by atoms with Gasteiger partial charge in [-0.3, -0.25) is 19.2 Å². The molecule has 0 radical (unpaired) electrons. The van der Waals surface area contributed by atoms with Crippen molar-refractivity contribution in [2.75, 3.05) is 40.8 Å². The van der Waals surface area contributed by atoms with Crippen molar-refractivity contribution in [1.82, 2.24) is 0 Å². The fourth-order valence-electron chi connectivity index (χ4n) is 6.44. The second-order valence-corrected chi connectivity index (χ2v) is 20.0. The van der Waals surface area contributed by atoms with Crippen LogP contribution in [-0.2, 0) is 63.6 Å². The first-order valence-corrected chi connectivity index (χ1v) is 24.0. The van der Waals surface area contributed by atoms with E-state index < -0.39 is 53.0 Å². The van der Waals surface area contributed by atoms with Gasteiger partial charge in [-0.25, -0.2) is 0 Å². The third-order valence-electron chi connectivity index (χ3n) is 10.3. The van der Waals surface area contributed by atoms with E-state index in [-0.39, 0.29) is 39.9 Å². The van der Waals surface area contributed by atoms with Crippen LogP contribution in [0, 0.1) is 37.5 Å². The van der Waals surface area contributed by atoms with E-state index in [2.05, 4.69) is 0 Å². The number of benzene rings is 2. The largest absolute Gasteiger partial charge is 0.533 e. The Kier molecular flexibility index (Phi) is 28.9. The summed E-state index contributed by atoms with van der Waals surface area (Å²) in [5, 5.41) is 28.5. The molecule has 0 amide bonds. The van der Waals surface area contributed by atoms with Crippen LogP contribution in [0.15, 0.2) is 48.5 Å². The zero-order chi connectivity index (χ0) is 43.7. The molecule has 332 valence electrons. The molecular weight excluding hydrogens is 832 g/mol. The maximum Gasteiger partial charge on any atom is 0.533 e. The minimum Gasteiger partial charge on any atom is -0.481 e. The molecule has 2 fully saturated rings. The van der Waals surface area contributed by atoms with Gasteiger partial charge in [0.05, 0.1) is 43.1 Å². The number of esters is 2. The van der Waals surface area contributed by atoms with Gasteiger partial charge in [-0.15, -0.1) is 0 Å². The summed E-state index contributed by atoms with van der Waals surface area (Å²) in [6.07, 6.45) is 9.48. The zero-order valence-corrected chi connectivity index (χ0v) is 39.5. The molecule has 2 aliphatic rings. The molecule has 0 aromatic heterocycles. The van der Waals surface area contributed by atoms with Gasteiger partial charge < -0.3 is 47.7 Å². The zero-order valence-electron chi connectivity index (χ0n) is 35.9. The number of carboxylic acid groups (broad SMARTS) is 2. The van der Waals surface area contributed by atoms with Gasteiger partial charge in [0.1, 0.15) is 0 Å². The summed E-state index contributed by atoms with van der Waals surface area (Å²) in [5.41, 5.74) is 2.27. The average Bonchev–Trinajstić information content (AvgIpc) is 3.24. The van der Waals surface area contributed by atoms with Crippen LogP contribution in [0.4, 0.5) is 0 Å². The predicted molar refractivity (Wildman–Crippen MR) is 224 cm³/mol. The van der Waals surface area contributed by atoms with E-state index in [0.29, 0.717) is 44.1 Å². The predicted octanol–water partition coefficient (Wildman–Crippen LogP) is 4.68. The molecule has 0 aliphatic heterocycles. The number of aliphatic hydroxyl groups excluding tert-OH is 1. The van der Waals surface area contributed by atoms with Gasteiger partial charge in [0.15, 0.2) is 0 Å². The smallest absolute Gasteiger partial charge is 0.481 e. The van der Waals surface area contributed by atoms with E-state index in [0.717, 1.165) is 67.7 Å². The molecule has 2 aliphatic carbocycles. The minimum atomic E-state index is -3.10. The topological polar surface area (TPSA) is 216 Å². The Morgan fingerprint density at radius 3 is 1.22 bits per heavy atom. The van der Waals surface area contributed by atoms with E-state index in [9.17, 15) is 28.8 Å². The average molecular weight is 901 g/mol. The van der Waals surface area contributed by atoms with Gasteiger partial charge in [-0.2, -0.15) is 0 Å². The molecule has 2 aromatic rings. The molecule has 5 unspecified atom stereocenters. The summed E-state index contributed by atoms with van der Waals surface area (Å²) in [5.74, 6) is -4.30. The number of unbranched alkanes of at least 4 members (excludes halogenated alkanes) is 2. The Morgan fingerprint density at radius 2 is 0.932 bits per heavy atom. The normalized spacial score (nSPS) is 19.6. The van der Waals surface area contributed by atoms with Crippen molar-refractivity contribution in [2.45, 2.75) is 105 Å². The van der Waals surface area contributed by atoms with Gasteiger partial charge >= 0.3 is 41.2 Å². The van der Waals surface area contributed by atoms with Crippen LogP contribution in [-0.4, -0.2) is 107 Å². The Morgan fingerprint density at radius 1 is 0.593 bits per heavy atom. The number of carbonyl (C=O) groups excluding carboxylic acids is 2. The van der Waals surface area contributed by atoms with Crippen molar-refractivity contribution < 1.29 is 88.6 Å². The summed E-state index contributed by atoms with van der Waals surface area (Å²) in [4.78, 5) is 65.1. The number of hydrogen-bond acceptors (Lipinski definition) is 12. The number of aliphatic carboxylic acids is 2. The Bertz CT molecular complexity index is 1380. The Labute approximate surface area is 367 Å². The number of aliphatic hydroxyl groups is 1. The molecule has 0 spiro atoms. The number of aryl methyl sites for hydroxylation is 2. The van der Waals surface area contributed by atoms with Crippen LogP contribution < -0.4 is 10.4 Å². The van der Waals surface area contributed by atoms with Crippen molar-refractivity contribution >= 4 is 51.6 Å². The molecule has 2 saturated carbocycles. The van der Waals surface area contributed by atoms with Gasteiger partial charge in [-0.1, -0.05) is 112 Å². The summed E-state index contributed by atoms with van der Waals surface area (Å²) >= 11 is 0. The minimum absolute atomic E-state index is 0. The molecule has 5 N–H and O–H groups in total. The fraction of sp³-hybridized carbons (Fsp3) is 0.619. The summed E-state index contributed by atoms with van der Waals surface area (Å²) in [7, 11) is -1.81. The first kappa shape index (κ1) is 56.2. The maximum atomic E-state index is 11.7. The molecule has 0 heterocycles. The molecular formula is C42H68O14Si2Ti. The maximum absolute atomic E-state index is 11.7. The van der Waals surface area contributed by atoms with Gasteiger partial charge in [0.2, 0.25) is 0 Å². The van der Waals surface area contributed by atoms with Gasteiger partial charge in [0.25, 0.3) is 0 Å². The van der Waals surface area contributed by atoms with Crippen LogP contribution in [0.3, 0.4) is 0 Å². The SMILES string of the molecule is CCCCOC(=O)C1CCCCC1C(=O)O.CCCCOC(=O)C1CCCCC1C(=O)O.CO[Si](O)(CO)c1ccc(C)cc1.CO[Si](O)(OC)c1ccc(C)cc1.[Ti]. The van der Waals surface area contributed by atoms with Crippen molar-refractivity contribution in [1.29, 1.82) is 0 Å². The quantitative estimate of drug-likeness (QED) is 0.0880. The number of ether oxygens (including phenoxy) is 2. The van der Waals surface area contributed by atoms with Crippen molar-refractivity contribution in [2.24, 2.45) is 23.7 Å².